The molecule has 134 valence electrons. The van der Waals surface area contributed by atoms with Gasteiger partial charge in [-0.25, -0.2) is 0 Å². The lowest BCUT2D eigenvalue weighted by Gasteiger charge is -2.06. The maximum atomic E-state index is 12.1. The molecule has 2 N–H and O–H groups in total. The SMILES string of the molecule is Cc1cccc(Nc2nnc(SCC(=O)Nc3ccc(Cl)cc3Cl)s2)c1. The summed E-state index contributed by atoms with van der Waals surface area (Å²) in [6, 6.07) is 12.9. The van der Waals surface area contributed by atoms with E-state index in [-0.39, 0.29) is 11.7 Å². The number of amides is 1. The standard InChI is InChI=1S/C17H14Cl2N4OS2/c1-10-3-2-4-12(7-10)20-16-22-23-17(26-16)25-9-15(24)21-14-6-5-11(18)8-13(14)19/h2-8H,9H2,1H3,(H,20,22)(H,21,24). The average Bonchev–Trinajstić information content (AvgIpc) is 3.03. The minimum atomic E-state index is -0.178. The molecule has 5 nitrogen and oxygen atoms in total. The minimum Gasteiger partial charge on any atom is -0.330 e. The van der Waals surface area contributed by atoms with Gasteiger partial charge in [0.2, 0.25) is 11.0 Å². The van der Waals surface area contributed by atoms with Gasteiger partial charge in [-0.3, -0.25) is 4.79 Å². The van der Waals surface area contributed by atoms with Gasteiger partial charge in [0.05, 0.1) is 16.5 Å². The lowest BCUT2D eigenvalue weighted by molar-refractivity contribution is -0.113. The largest absolute Gasteiger partial charge is 0.330 e. The number of thioether (sulfide) groups is 1. The highest BCUT2D eigenvalue weighted by molar-refractivity contribution is 8.01. The Balaban J connectivity index is 1.53. The summed E-state index contributed by atoms with van der Waals surface area (Å²) < 4.78 is 0.706. The van der Waals surface area contributed by atoms with Gasteiger partial charge in [0.25, 0.3) is 0 Å². The molecular weight excluding hydrogens is 411 g/mol. The van der Waals surface area contributed by atoms with Gasteiger partial charge < -0.3 is 10.6 Å². The minimum absolute atomic E-state index is 0.178. The molecule has 26 heavy (non-hydrogen) atoms. The molecule has 0 aliphatic carbocycles. The highest BCUT2D eigenvalue weighted by Gasteiger charge is 2.10. The van der Waals surface area contributed by atoms with E-state index in [9.17, 15) is 4.79 Å². The predicted octanol–water partition coefficient (Wildman–Crippen LogP) is 5.63. The third kappa shape index (κ3) is 5.35. The normalized spacial score (nSPS) is 10.6. The molecule has 0 saturated carbocycles. The van der Waals surface area contributed by atoms with E-state index in [2.05, 4.69) is 20.8 Å². The number of nitrogens with zero attached hydrogens (tertiary/aromatic N) is 2. The van der Waals surface area contributed by atoms with Gasteiger partial charge in [-0.15, -0.1) is 10.2 Å². The van der Waals surface area contributed by atoms with E-state index in [4.69, 9.17) is 23.2 Å². The highest BCUT2D eigenvalue weighted by Crippen LogP contribution is 2.29. The average molecular weight is 425 g/mol. The molecule has 0 aliphatic heterocycles. The quantitative estimate of drug-likeness (QED) is 0.501. The number of aryl methyl sites for hydroxylation is 1. The van der Waals surface area contributed by atoms with Gasteiger partial charge in [0.15, 0.2) is 4.34 Å². The van der Waals surface area contributed by atoms with Gasteiger partial charge in [-0.05, 0) is 42.8 Å². The Morgan fingerprint density at radius 1 is 1.19 bits per heavy atom. The second kappa shape index (κ2) is 8.73. The van der Waals surface area contributed by atoms with Crippen molar-refractivity contribution >= 4 is 68.7 Å². The summed E-state index contributed by atoms with van der Waals surface area (Å²) in [5.41, 5.74) is 2.64. The molecule has 0 atom stereocenters. The maximum Gasteiger partial charge on any atom is 0.234 e. The van der Waals surface area contributed by atoms with E-state index in [1.807, 2.05) is 31.2 Å². The number of anilines is 3. The first-order chi connectivity index (χ1) is 12.5. The maximum absolute atomic E-state index is 12.1. The Bertz CT molecular complexity index is 933. The predicted molar refractivity (Wildman–Crippen MR) is 110 cm³/mol. The van der Waals surface area contributed by atoms with Gasteiger partial charge >= 0.3 is 0 Å². The molecular formula is C17H14Cl2N4OS2. The molecule has 0 saturated heterocycles. The third-order valence-electron chi connectivity index (χ3n) is 3.21. The van der Waals surface area contributed by atoms with Crippen LogP contribution in [-0.2, 0) is 4.79 Å². The Labute approximate surface area is 169 Å². The van der Waals surface area contributed by atoms with Crippen molar-refractivity contribution in [2.45, 2.75) is 11.3 Å². The zero-order valence-corrected chi connectivity index (χ0v) is 16.8. The van der Waals surface area contributed by atoms with Crippen LogP contribution in [0.15, 0.2) is 46.8 Å². The Kier molecular flexibility index (Phi) is 6.37. The first-order valence-electron chi connectivity index (χ1n) is 7.54. The van der Waals surface area contributed by atoms with Crippen LogP contribution in [0.3, 0.4) is 0 Å². The molecule has 3 rings (SSSR count). The number of halogens is 2. The number of aromatic nitrogens is 2. The molecule has 0 fully saturated rings. The lowest BCUT2D eigenvalue weighted by Crippen LogP contribution is -2.14. The second-order valence-corrected chi connectivity index (χ2v) is 8.37. The van der Waals surface area contributed by atoms with E-state index in [1.165, 1.54) is 23.1 Å². The van der Waals surface area contributed by atoms with Crippen LogP contribution in [0, 0.1) is 6.92 Å². The molecule has 0 radical (unpaired) electrons. The van der Waals surface area contributed by atoms with Crippen molar-refractivity contribution in [1.29, 1.82) is 0 Å². The molecule has 1 amide bonds. The van der Waals surface area contributed by atoms with Crippen molar-refractivity contribution in [1.82, 2.24) is 10.2 Å². The summed E-state index contributed by atoms with van der Waals surface area (Å²) in [5.74, 6) is 0.0282. The lowest BCUT2D eigenvalue weighted by atomic mass is 10.2. The molecule has 1 aromatic heterocycles. The molecule has 2 aromatic carbocycles. The Morgan fingerprint density at radius 2 is 2.04 bits per heavy atom. The van der Waals surface area contributed by atoms with Crippen molar-refractivity contribution in [2.24, 2.45) is 0 Å². The van der Waals surface area contributed by atoms with E-state index >= 15 is 0 Å². The zero-order valence-electron chi connectivity index (χ0n) is 13.6. The molecule has 0 aliphatic rings. The molecule has 9 heteroatoms. The van der Waals surface area contributed by atoms with Gasteiger partial charge in [0.1, 0.15) is 0 Å². The first kappa shape index (κ1) is 19.0. The van der Waals surface area contributed by atoms with Crippen molar-refractivity contribution in [3.05, 3.63) is 58.1 Å². The van der Waals surface area contributed by atoms with Crippen molar-refractivity contribution in [3.8, 4) is 0 Å². The molecule has 0 unspecified atom stereocenters. The number of benzene rings is 2. The van der Waals surface area contributed by atoms with Crippen molar-refractivity contribution in [2.75, 3.05) is 16.4 Å². The number of hydrogen-bond donors (Lipinski definition) is 2. The number of carbonyl (C=O) groups excluding carboxylic acids is 1. The summed E-state index contributed by atoms with van der Waals surface area (Å²) in [7, 11) is 0. The van der Waals surface area contributed by atoms with E-state index in [0.29, 0.717) is 25.2 Å². The number of carbonyl (C=O) groups is 1. The summed E-state index contributed by atoms with van der Waals surface area (Å²) in [6.07, 6.45) is 0. The summed E-state index contributed by atoms with van der Waals surface area (Å²) in [5, 5.41) is 15.7. The van der Waals surface area contributed by atoms with Gasteiger partial charge in [-0.2, -0.15) is 0 Å². The van der Waals surface area contributed by atoms with Crippen LogP contribution < -0.4 is 10.6 Å². The van der Waals surface area contributed by atoms with Crippen LogP contribution >= 0.6 is 46.3 Å². The fourth-order valence-electron chi connectivity index (χ4n) is 2.07. The summed E-state index contributed by atoms with van der Waals surface area (Å²) in [6.45, 7) is 2.03. The highest BCUT2D eigenvalue weighted by atomic mass is 35.5. The topological polar surface area (TPSA) is 66.9 Å². The van der Waals surface area contributed by atoms with Crippen LogP contribution in [0.5, 0.6) is 0 Å². The van der Waals surface area contributed by atoms with E-state index < -0.39 is 0 Å². The zero-order chi connectivity index (χ0) is 18.5. The van der Waals surface area contributed by atoms with Crippen molar-refractivity contribution < 1.29 is 4.79 Å². The van der Waals surface area contributed by atoms with Crippen LogP contribution in [0.25, 0.3) is 0 Å². The Morgan fingerprint density at radius 3 is 2.81 bits per heavy atom. The first-order valence-corrected chi connectivity index (χ1v) is 10.1. The van der Waals surface area contributed by atoms with Crippen molar-refractivity contribution in [3.63, 3.8) is 0 Å². The van der Waals surface area contributed by atoms with Gasteiger partial charge in [0, 0.05) is 10.7 Å². The van der Waals surface area contributed by atoms with Crippen LogP contribution in [0.1, 0.15) is 5.56 Å². The fourth-order valence-corrected chi connectivity index (χ4v) is 4.10. The molecule has 1 heterocycles. The molecule has 3 aromatic rings. The van der Waals surface area contributed by atoms with E-state index in [1.54, 1.807) is 18.2 Å². The van der Waals surface area contributed by atoms with Gasteiger partial charge in [-0.1, -0.05) is 58.4 Å². The Hall–Kier alpha value is -1.80. The number of nitrogens with one attached hydrogen (secondary N) is 2. The summed E-state index contributed by atoms with van der Waals surface area (Å²) >= 11 is 14.6. The smallest absolute Gasteiger partial charge is 0.234 e. The second-order valence-electron chi connectivity index (χ2n) is 5.33. The molecule has 0 spiro atoms. The fraction of sp³-hybridized carbons (Fsp3) is 0.118. The van der Waals surface area contributed by atoms with Crippen LogP contribution in [0.4, 0.5) is 16.5 Å². The molecule has 0 bridgehead atoms. The van der Waals surface area contributed by atoms with E-state index in [0.717, 1.165) is 11.3 Å². The monoisotopic (exact) mass is 424 g/mol. The number of hydrogen-bond acceptors (Lipinski definition) is 6. The summed E-state index contributed by atoms with van der Waals surface area (Å²) in [4.78, 5) is 12.1. The third-order valence-corrected chi connectivity index (χ3v) is 5.73. The number of rotatable bonds is 6. The van der Waals surface area contributed by atoms with Crippen LogP contribution in [-0.4, -0.2) is 21.9 Å². The van der Waals surface area contributed by atoms with Crippen LogP contribution in [0.2, 0.25) is 10.0 Å².